The highest BCUT2D eigenvalue weighted by molar-refractivity contribution is 5.91. The Bertz CT molecular complexity index is 359. The fourth-order valence-electron chi connectivity index (χ4n) is 1.11. The summed E-state index contributed by atoms with van der Waals surface area (Å²) in [5, 5.41) is 2.15. The Balaban J connectivity index is 2.56. The third-order valence-electron chi connectivity index (χ3n) is 1.83. The van der Waals surface area contributed by atoms with E-state index in [1.165, 1.54) is 12.1 Å². The third-order valence-corrected chi connectivity index (χ3v) is 1.83. The molecule has 3 N–H and O–H groups in total. The molecule has 1 aromatic carbocycles. The zero-order valence-electron chi connectivity index (χ0n) is 8.34. The summed E-state index contributed by atoms with van der Waals surface area (Å²) in [6.45, 7) is 0.344. The Morgan fingerprint density at radius 3 is 2.25 bits per heavy atom. The van der Waals surface area contributed by atoms with Gasteiger partial charge in [-0.25, -0.2) is 0 Å². The predicted octanol–water partition coefficient (Wildman–Crippen LogP) is 2.04. The number of hydrogen-bond donors (Lipinski definition) is 2. The highest BCUT2D eigenvalue weighted by atomic mass is 19.4. The number of nitrogens with one attached hydrogen (secondary N) is 1. The molecule has 0 bridgehead atoms. The van der Waals surface area contributed by atoms with Crippen molar-refractivity contribution in [1.82, 2.24) is 0 Å². The summed E-state index contributed by atoms with van der Waals surface area (Å²) in [4.78, 5) is 10.9. The van der Waals surface area contributed by atoms with Crippen LogP contribution in [-0.4, -0.2) is 12.1 Å². The van der Waals surface area contributed by atoms with Crippen LogP contribution in [0.3, 0.4) is 0 Å². The van der Waals surface area contributed by atoms with Crippen molar-refractivity contribution in [2.75, 3.05) is 5.32 Å². The van der Waals surface area contributed by atoms with E-state index in [4.69, 9.17) is 5.73 Å². The van der Waals surface area contributed by atoms with Crippen LogP contribution in [0.4, 0.5) is 18.9 Å². The summed E-state index contributed by atoms with van der Waals surface area (Å²) >= 11 is 0. The molecular formula is C10H11F3N2O. The number of carbonyl (C=O) groups excluding carboxylic acids is 1. The number of carbonyl (C=O) groups is 1. The van der Waals surface area contributed by atoms with Crippen molar-refractivity contribution in [1.29, 1.82) is 0 Å². The first-order chi connectivity index (χ1) is 7.40. The van der Waals surface area contributed by atoms with E-state index in [2.05, 4.69) is 5.32 Å². The number of anilines is 1. The van der Waals surface area contributed by atoms with Crippen LogP contribution < -0.4 is 11.1 Å². The highest BCUT2D eigenvalue weighted by Crippen LogP contribution is 2.20. The number of hydrogen-bond acceptors (Lipinski definition) is 2. The van der Waals surface area contributed by atoms with Gasteiger partial charge >= 0.3 is 6.18 Å². The minimum atomic E-state index is -4.48. The number of halogens is 3. The van der Waals surface area contributed by atoms with Gasteiger partial charge in [-0.05, 0) is 17.7 Å². The number of rotatable bonds is 3. The van der Waals surface area contributed by atoms with Gasteiger partial charge in [0.1, 0.15) is 6.42 Å². The molecule has 0 radical (unpaired) electrons. The van der Waals surface area contributed by atoms with Crippen molar-refractivity contribution in [2.24, 2.45) is 5.73 Å². The SMILES string of the molecule is NCc1ccc(NC(=O)CC(F)(F)F)cc1. The molecule has 0 aliphatic rings. The molecule has 0 aromatic heterocycles. The zero-order chi connectivity index (χ0) is 12.2. The van der Waals surface area contributed by atoms with E-state index >= 15 is 0 Å². The van der Waals surface area contributed by atoms with E-state index < -0.39 is 18.5 Å². The van der Waals surface area contributed by atoms with Crippen LogP contribution in [0.15, 0.2) is 24.3 Å². The van der Waals surface area contributed by atoms with E-state index in [1.54, 1.807) is 12.1 Å². The lowest BCUT2D eigenvalue weighted by Crippen LogP contribution is -2.21. The smallest absolute Gasteiger partial charge is 0.326 e. The maximum absolute atomic E-state index is 11.9. The molecular weight excluding hydrogens is 221 g/mol. The molecule has 16 heavy (non-hydrogen) atoms. The van der Waals surface area contributed by atoms with Gasteiger partial charge in [0.2, 0.25) is 5.91 Å². The molecule has 0 spiro atoms. The Kier molecular flexibility index (Phi) is 3.89. The second-order valence-corrected chi connectivity index (χ2v) is 3.24. The van der Waals surface area contributed by atoms with Crippen LogP contribution in [-0.2, 0) is 11.3 Å². The van der Waals surface area contributed by atoms with Crippen LogP contribution in [0.5, 0.6) is 0 Å². The van der Waals surface area contributed by atoms with E-state index in [9.17, 15) is 18.0 Å². The lowest BCUT2D eigenvalue weighted by Gasteiger charge is -2.08. The summed E-state index contributed by atoms with van der Waals surface area (Å²) in [5.41, 5.74) is 6.52. The summed E-state index contributed by atoms with van der Waals surface area (Å²) in [7, 11) is 0. The van der Waals surface area contributed by atoms with Crippen LogP contribution in [0.1, 0.15) is 12.0 Å². The van der Waals surface area contributed by atoms with Crippen molar-refractivity contribution < 1.29 is 18.0 Å². The summed E-state index contributed by atoms with van der Waals surface area (Å²) < 4.78 is 35.6. The molecule has 1 rings (SSSR count). The molecule has 0 unspecified atom stereocenters. The first-order valence-electron chi connectivity index (χ1n) is 4.56. The molecule has 0 atom stereocenters. The minimum absolute atomic E-state index is 0.325. The highest BCUT2D eigenvalue weighted by Gasteiger charge is 2.31. The predicted molar refractivity (Wildman–Crippen MR) is 53.6 cm³/mol. The normalized spacial score (nSPS) is 11.2. The monoisotopic (exact) mass is 232 g/mol. The van der Waals surface area contributed by atoms with Crippen molar-refractivity contribution in [3.05, 3.63) is 29.8 Å². The first kappa shape index (κ1) is 12.5. The molecule has 0 saturated carbocycles. The minimum Gasteiger partial charge on any atom is -0.326 e. The standard InChI is InChI=1S/C10H11F3N2O/c11-10(12,13)5-9(16)15-8-3-1-7(6-14)2-4-8/h1-4H,5-6,14H2,(H,15,16). The number of benzene rings is 1. The van der Waals surface area contributed by atoms with E-state index in [1.807, 2.05) is 0 Å². The summed E-state index contributed by atoms with van der Waals surface area (Å²) in [6.07, 6.45) is -5.97. The van der Waals surface area contributed by atoms with Gasteiger partial charge in [-0.3, -0.25) is 4.79 Å². The fraction of sp³-hybridized carbons (Fsp3) is 0.300. The van der Waals surface area contributed by atoms with Gasteiger partial charge in [0.05, 0.1) is 0 Å². The molecule has 88 valence electrons. The van der Waals surface area contributed by atoms with Gasteiger partial charge < -0.3 is 11.1 Å². The second kappa shape index (κ2) is 4.98. The van der Waals surface area contributed by atoms with Crippen LogP contribution >= 0.6 is 0 Å². The van der Waals surface area contributed by atoms with Crippen LogP contribution in [0.25, 0.3) is 0 Å². The topological polar surface area (TPSA) is 55.1 Å². The number of amides is 1. The van der Waals surface area contributed by atoms with Gasteiger partial charge in [-0.2, -0.15) is 13.2 Å². The molecule has 0 fully saturated rings. The molecule has 0 heterocycles. The van der Waals surface area contributed by atoms with Gasteiger partial charge in [0.25, 0.3) is 0 Å². The average Bonchev–Trinajstić information content (AvgIpc) is 2.16. The van der Waals surface area contributed by atoms with Crippen molar-refractivity contribution in [3.8, 4) is 0 Å². The third kappa shape index (κ3) is 4.31. The lowest BCUT2D eigenvalue weighted by molar-refractivity contribution is -0.150. The van der Waals surface area contributed by atoms with Crippen molar-refractivity contribution in [2.45, 2.75) is 19.1 Å². The zero-order valence-corrected chi connectivity index (χ0v) is 8.34. The molecule has 1 amide bonds. The molecule has 1 aromatic rings. The Hall–Kier alpha value is -1.56. The molecule has 6 heteroatoms. The lowest BCUT2D eigenvalue weighted by atomic mass is 10.2. The fourth-order valence-corrected chi connectivity index (χ4v) is 1.11. The van der Waals surface area contributed by atoms with Gasteiger partial charge in [-0.1, -0.05) is 12.1 Å². The van der Waals surface area contributed by atoms with Crippen LogP contribution in [0, 0.1) is 0 Å². The second-order valence-electron chi connectivity index (χ2n) is 3.24. The van der Waals surface area contributed by atoms with Crippen molar-refractivity contribution in [3.63, 3.8) is 0 Å². The molecule has 0 aliphatic heterocycles. The average molecular weight is 232 g/mol. The summed E-state index contributed by atoms with van der Waals surface area (Å²) in [5.74, 6) is -1.08. The first-order valence-corrected chi connectivity index (χ1v) is 4.56. The maximum atomic E-state index is 11.9. The Morgan fingerprint density at radius 2 is 1.81 bits per heavy atom. The number of alkyl halides is 3. The quantitative estimate of drug-likeness (QED) is 0.837. The van der Waals surface area contributed by atoms with Crippen molar-refractivity contribution >= 4 is 11.6 Å². The van der Waals surface area contributed by atoms with Gasteiger partial charge in [0.15, 0.2) is 0 Å². The van der Waals surface area contributed by atoms with Crippen LogP contribution in [0.2, 0.25) is 0 Å². The van der Waals surface area contributed by atoms with Gasteiger partial charge in [0, 0.05) is 12.2 Å². The molecule has 0 aliphatic carbocycles. The van der Waals surface area contributed by atoms with E-state index in [0.29, 0.717) is 12.2 Å². The molecule has 0 saturated heterocycles. The molecule has 3 nitrogen and oxygen atoms in total. The summed E-state index contributed by atoms with van der Waals surface area (Å²) in [6, 6.07) is 6.30. The number of nitrogens with two attached hydrogens (primary N) is 1. The maximum Gasteiger partial charge on any atom is 0.397 e. The Labute approximate surface area is 90.4 Å². The van der Waals surface area contributed by atoms with Gasteiger partial charge in [-0.15, -0.1) is 0 Å². The van der Waals surface area contributed by atoms with E-state index in [0.717, 1.165) is 5.56 Å². The van der Waals surface area contributed by atoms with E-state index in [-0.39, 0.29) is 0 Å². The largest absolute Gasteiger partial charge is 0.397 e. The Morgan fingerprint density at radius 1 is 1.25 bits per heavy atom.